The Labute approximate surface area is 101 Å². The molecule has 3 unspecified atom stereocenters. The van der Waals surface area contributed by atoms with Crippen molar-refractivity contribution < 1.29 is 0 Å². The fourth-order valence-electron chi connectivity index (χ4n) is 2.89. The van der Waals surface area contributed by atoms with Crippen LogP contribution in [0.25, 0.3) is 0 Å². The number of rotatable bonds is 5. The lowest BCUT2D eigenvalue weighted by atomic mass is 10.0. The lowest BCUT2D eigenvalue weighted by molar-refractivity contribution is 0.0611. The molecule has 0 saturated carbocycles. The summed E-state index contributed by atoms with van der Waals surface area (Å²) in [5.41, 5.74) is 0. The molecule has 1 N–H and O–H groups in total. The molecule has 3 nitrogen and oxygen atoms in total. The SMILES string of the molecule is CCNC(C)CC(C)N1CCN(C)CC1C. The minimum Gasteiger partial charge on any atom is -0.314 e. The van der Waals surface area contributed by atoms with E-state index in [1.54, 1.807) is 0 Å². The molecule has 0 bridgehead atoms. The van der Waals surface area contributed by atoms with Crippen LogP contribution in [0.1, 0.15) is 34.1 Å². The maximum atomic E-state index is 3.50. The number of piperazine rings is 1. The van der Waals surface area contributed by atoms with Gasteiger partial charge in [-0.2, -0.15) is 0 Å². The van der Waals surface area contributed by atoms with Crippen molar-refractivity contribution in [3.8, 4) is 0 Å². The van der Waals surface area contributed by atoms with Crippen LogP contribution in [-0.4, -0.2) is 61.2 Å². The van der Waals surface area contributed by atoms with E-state index in [1.807, 2.05) is 0 Å². The van der Waals surface area contributed by atoms with Crippen molar-refractivity contribution >= 4 is 0 Å². The average Bonchev–Trinajstić information content (AvgIpc) is 2.17. The van der Waals surface area contributed by atoms with E-state index in [2.05, 4.69) is 49.9 Å². The molecule has 0 spiro atoms. The summed E-state index contributed by atoms with van der Waals surface area (Å²) in [5.74, 6) is 0. The largest absolute Gasteiger partial charge is 0.314 e. The van der Waals surface area contributed by atoms with Crippen LogP contribution in [0, 0.1) is 0 Å². The number of hydrogen-bond donors (Lipinski definition) is 1. The molecule has 0 aromatic rings. The highest BCUT2D eigenvalue weighted by Crippen LogP contribution is 2.15. The number of hydrogen-bond acceptors (Lipinski definition) is 3. The van der Waals surface area contributed by atoms with E-state index in [4.69, 9.17) is 0 Å². The highest BCUT2D eigenvalue weighted by molar-refractivity contribution is 4.82. The van der Waals surface area contributed by atoms with Crippen molar-refractivity contribution in [2.24, 2.45) is 0 Å². The van der Waals surface area contributed by atoms with Crippen molar-refractivity contribution in [1.29, 1.82) is 0 Å². The molecular formula is C13H29N3. The Kier molecular flexibility index (Phi) is 5.73. The Morgan fingerprint density at radius 2 is 2.00 bits per heavy atom. The van der Waals surface area contributed by atoms with Gasteiger partial charge in [0.2, 0.25) is 0 Å². The lowest BCUT2D eigenvalue weighted by Crippen LogP contribution is -2.54. The Bertz CT molecular complexity index is 196. The van der Waals surface area contributed by atoms with Gasteiger partial charge in [-0.05, 0) is 40.8 Å². The van der Waals surface area contributed by atoms with Gasteiger partial charge in [0.05, 0.1) is 0 Å². The third kappa shape index (κ3) is 4.04. The molecule has 1 aliphatic rings. The first-order valence-corrected chi connectivity index (χ1v) is 6.72. The molecule has 0 amide bonds. The second kappa shape index (κ2) is 6.58. The predicted octanol–water partition coefficient (Wildman–Crippen LogP) is 1.40. The summed E-state index contributed by atoms with van der Waals surface area (Å²) in [6.07, 6.45) is 1.25. The zero-order valence-electron chi connectivity index (χ0n) is 11.7. The van der Waals surface area contributed by atoms with Crippen LogP contribution in [0.3, 0.4) is 0 Å². The molecule has 96 valence electrons. The third-order valence-corrected chi connectivity index (χ3v) is 3.70. The van der Waals surface area contributed by atoms with Gasteiger partial charge in [-0.15, -0.1) is 0 Å². The average molecular weight is 227 g/mol. The van der Waals surface area contributed by atoms with Crippen LogP contribution < -0.4 is 5.32 Å². The normalized spacial score (nSPS) is 27.9. The van der Waals surface area contributed by atoms with Crippen LogP contribution in [0.4, 0.5) is 0 Å². The number of likely N-dealkylation sites (N-methyl/N-ethyl adjacent to an activating group) is 1. The van der Waals surface area contributed by atoms with E-state index < -0.39 is 0 Å². The van der Waals surface area contributed by atoms with E-state index in [9.17, 15) is 0 Å². The van der Waals surface area contributed by atoms with Crippen LogP contribution in [0.2, 0.25) is 0 Å². The van der Waals surface area contributed by atoms with E-state index in [-0.39, 0.29) is 0 Å². The van der Waals surface area contributed by atoms with Crippen LogP contribution in [-0.2, 0) is 0 Å². The Morgan fingerprint density at radius 3 is 2.56 bits per heavy atom. The summed E-state index contributed by atoms with van der Waals surface area (Å²) in [5, 5.41) is 3.50. The maximum absolute atomic E-state index is 3.50. The second-order valence-electron chi connectivity index (χ2n) is 5.39. The zero-order chi connectivity index (χ0) is 12.1. The molecule has 16 heavy (non-hydrogen) atoms. The first-order valence-electron chi connectivity index (χ1n) is 6.72. The van der Waals surface area contributed by atoms with E-state index >= 15 is 0 Å². The van der Waals surface area contributed by atoms with E-state index in [1.165, 1.54) is 26.1 Å². The molecule has 1 rings (SSSR count). The molecule has 3 heteroatoms. The molecule has 1 aliphatic heterocycles. The molecule has 0 aromatic heterocycles. The number of nitrogens with zero attached hydrogens (tertiary/aromatic N) is 2. The molecule has 0 radical (unpaired) electrons. The highest BCUT2D eigenvalue weighted by atomic mass is 15.3. The van der Waals surface area contributed by atoms with Gasteiger partial charge in [-0.1, -0.05) is 6.92 Å². The standard InChI is InChI=1S/C13H29N3/c1-6-14-11(2)9-12(3)16-8-7-15(5)10-13(16)4/h11-14H,6-10H2,1-5H3. The van der Waals surface area contributed by atoms with Crippen molar-refractivity contribution in [1.82, 2.24) is 15.1 Å². The van der Waals surface area contributed by atoms with Gasteiger partial charge < -0.3 is 10.2 Å². The lowest BCUT2D eigenvalue weighted by Gasteiger charge is -2.42. The fraction of sp³-hybridized carbons (Fsp3) is 1.00. The first kappa shape index (κ1) is 13.9. The minimum atomic E-state index is 0.631. The van der Waals surface area contributed by atoms with Crippen molar-refractivity contribution in [3.05, 3.63) is 0 Å². The third-order valence-electron chi connectivity index (χ3n) is 3.70. The van der Waals surface area contributed by atoms with Gasteiger partial charge in [-0.25, -0.2) is 0 Å². The topological polar surface area (TPSA) is 18.5 Å². The highest BCUT2D eigenvalue weighted by Gasteiger charge is 2.26. The van der Waals surface area contributed by atoms with Crippen molar-refractivity contribution in [2.45, 2.75) is 52.2 Å². The summed E-state index contributed by atoms with van der Waals surface area (Å²) in [6, 6.07) is 2.02. The second-order valence-corrected chi connectivity index (χ2v) is 5.39. The quantitative estimate of drug-likeness (QED) is 0.766. The van der Waals surface area contributed by atoms with E-state index in [0.29, 0.717) is 18.1 Å². The smallest absolute Gasteiger partial charge is 0.0198 e. The summed E-state index contributed by atoms with van der Waals surface area (Å²) < 4.78 is 0. The first-order chi connectivity index (χ1) is 7.54. The summed E-state index contributed by atoms with van der Waals surface area (Å²) in [6.45, 7) is 13.9. The van der Waals surface area contributed by atoms with Crippen LogP contribution in [0.15, 0.2) is 0 Å². The monoisotopic (exact) mass is 227 g/mol. The molecule has 1 fully saturated rings. The Hall–Kier alpha value is -0.120. The minimum absolute atomic E-state index is 0.631. The summed E-state index contributed by atoms with van der Waals surface area (Å²) in [7, 11) is 2.22. The summed E-state index contributed by atoms with van der Waals surface area (Å²) in [4.78, 5) is 5.09. The fourth-order valence-corrected chi connectivity index (χ4v) is 2.89. The molecule has 3 atom stereocenters. The van der Waals surface area contributed by atoms with Gasteiger partial charge in [-0.3, -0.25) is 4.90 Å². The molecule has 1 saturated heterocycles. The van der Waals surface area contributed by atoms with Gasteiger partial charge in [0.25, 0.3) is 0 Å². The van der Waals surface area contributed by atoms with Crippen LogP contribution in [0.5, 0.6) is 0 Å². The molecule has 1 heterocycles. The number of nitrogens with one attached hydrogen (secondary N) is 1. The van der Waals surface area contributed by atoms with Gasteiger partial charge in [0.1, 0.15) is 0 Å². The maximum Gasteiger partial charge on any atom is 0.0198 e. The van der Waals surface area contributed by atoms with Gasteiger partial charge in [0.15, 0.2) is 0 Å². The van der Waals surface area contributed by atoms with Crippen LogP contribution >= 0.6 is 0 Å². The zero-order valence-corrected chi connectivity index (χ0v) is 11.7. The predicted molar refractivity (Wildman–Crippen MR) is 70.9 cm³/mol. The molecule has 0 aliphatic carbocycles. The van der Waals surface area contributed by atoms with Gasteiger partial charge >= 0.3 is 0 Å². The Balaban J connectivity index is 2.38. The van der Waals surface area contributed by atoms with E-state index in [0.717, 1.165) is 6.54 Å². The summed E-state index contributed by atoms with van der Waals surface area (Å²) >= 11 is 0. The van der Waals surface area contributed by atoms with Crippen molar-refractivity contribution in [2.75, 3.05) is 33.2 Å². The molecule has 0 aromatic carbocycles. The van der Waals surface area contributed by atoms with Gasteiger partial charge in [0, 0.05) is 37.8 Å². The Morgan fingerprint density at radius 1 is 1.31 bits per heavy atom. The van der Waals surface area contributed by atoms with Crippen molar-refractivity contribution in [3.63, 3.8) is 0 Å². The molecular weight excluding hydrogens is 198 g/mol.